The molecule has 1 heterocycles. The topological polar surface area (TPSA) is 33.1 Å². The first-order chi connectivity index (χ1) is 17.2. The molecule has 2 atom stereocenters. The number of aliphatic hydroxyl groups excluding tert-OH is 1. The van der Waals surface area contributed by atoms with E-state index in [-0.39, 0.29) is 23.8 Å². The number of nitrogens with zero attached hydrogens (tertiary/aromatic N) is 1. The lowest BCUT2D eigenvalue weighted by molar-refractivity contribution is 0.149. The van der Waals surface area contributed by atoms with Gasteiger partial charge in [0.05, 0.1) is 17.5 Å². The second-order valence-electron chi connectivity index (χ2n) is 9.98. The SMILES string of the molecule is C=C1CCCc2c(nc(C(C)C)c(/C=C/[C@@H](C)C[C@@H](O)CC)c2-c2ccc(F)cc2)/C1=C/C.C=CC. The molecule has 194 valence electrons. The van der Waals surface area contributed by atoms with E-state index in [9.17, 15) is 9.50 Å². The van der Waals surface area contributed by atoms with E-state index in [1.54, 1.807) is 6.08 Å². The molecule has 36 heavy (non-hydrogen) atoms. The Morgan fingerprint density at radius 2 is 1.75 bits per heavy atom. The van der Waals surface area contributed by atoms with Gasteiger partial charge in [0.15, 0.2) is 0 Å². The molecule has 0 saturated heterocycles. The zero-order chi connectivity index (χ0) is 26.8. The van der Waals surface area contributed by atoms with Crippen molar-refractivity contribution < 1.29 is 9.50 Å². The van der Waals surface area contributed by atoms with Crippen LogP contribution in [0.5, 0.6) is 0 Å². The van der Waals surface area contributed by atoms with Crippen molar-refractivity contribution in [2.24, 2.45) is 5.92 Å². The number of allylic oxidation sites excluding steroid dienone is 5. The average Bonchev–Trinajstić information content (AvgIpc) is 3.00. The van der Waals surface area contributed by atoms with Gasteiger partial charge in [0.1, 0.15) is 5.82 Å². The van der Waals surface area contributed by atoms with Crippen molar-refractivity contribution in [2.45, 2.75) is 85.7 Å². The van der Waals surface area contributed by atoms with Crippen LogP contribution in [0.1, 0.15) is 95.7 Å². The Bertz CT molecular complexity index is 1090. The predicted molar refractivity (Wildman–Crippen MR) is 154 cm³/mol. The number of rotatable bonds is 7. The van der Waals surface area contributed by atoms with E-state index in [4.69, 9.17) is 4.98 Å². The maximum absolute atomic E-state index is 13.8. The van der Waals surface area contributed by atoms with Crippen LogP contribution in [0, 0.1) is 11.7 Å². The van der Waals surface area contributed by atoms with Crippen molar-refractivity contribution in [1.29, 1.82) is 0 Å². The molecule has 0 amide bonds. The second kappa shape index (κ2) is 14.1. The van der Waals surface area contributed by atoms with Crippen molar-refractivity contribution in [3.63, 3.8) is 0 Å². The van der Waals surface area contributed by atoms with E-state index < -0.39 is 0 Å². The first-order valence-corrected chi connectivity index (χ1v) is 13.3. The summed E-state index contributed by atoms with van der Waals surface area (Å²) in [5.74, 6) is 0.232. The summed E-state index contributed by atoms with van der Waals surface area (Å²) in [6.45, 7) is 20.1. The molecular weight excluding hydrogens is 445 g/mol. The fourth-order valence-electron chi connectivity index (χ4n) is 4.73. The van der Waals surface area contributed by atoms with Gasteiger partial charge in [-0.25, -0.2) is 4.39 Å². The number of fused-ring (bicyclic) bond motifs is 1. The Labute approximate surface area is 218 Å². The van der Waals surface area contributed by atoms with Gasteiger partial charge in [0.2, 0.25) is 0 Å². The maximum Gasteiger partial charge on any atom is 0.123 e. The van der Waals surface area contributed by atoms with Crippen LogP contribution in [0.2, 0.25) is 0 Å². The van der Waals surface area contributed by atoms with Gasteiger partial charge < -0.3 is 5.11 Å². The van der Waals surface area contributed by atoms with Gasteiger partial charge in [-0.3, -0.25) is 4.98 Å². The monoisotopic (exact) mass is 489 g/mol. The molecule has 0 bridgehead atoms. The number of pyridine rings is 1. The van der Waals surface area contributed by atoms with Crippen molar-refractivity contribution in [3.8, 4) is 11.1 Å². The van der Waals surface area contributed by atoms with Gasteiger partial charge in [-0.2, -0.15) is 0 Å². The van der Waals surface area contributed by atoms with Crippen molar-refractivity contribution in [2.75, 3.05) is 0 Å². The Morgan fingerprint density at radius 3 is 2.31 bits per heavy atom. The minimum Gasteiger partial charge on any atom is -0.393 e. The number of hydrogen-bond donors (Lipinski definition) is 1. The lowest BCUT2D eigenvalue weighted by Gasteiger charge is -2.22. The molecule has 1 aromatic carbocycles. The Balaban J connectivity index is 0.00000145. The predicted octanol–water partition coefficient (Wildman–Crippen LogP) is 9.31. The zero-order valence-corrected chi connectivity index (χ0v) is 23.1. The molecule has 3 rings (SSSR count). The van der Waals surface area contributed by atoms with Crippen LogP contribution < -0.4 is 0 Å². The highest BCUT2D eigenvalue weighted by atomic mass is 19.1. The second-order valence-corrected chi connectivity index (χ2v) is 9.98. The average molecular weight is 490 g/mol. The molecule has 2 nitrogen and oxygen atoms in total. The molecule has 1 aliphatic carbocycles. The van der Waals surface area contributed by atoms with E-state index in [1.165, 1.54) is 17.7 Å². The third kappa shape index (κ3) is 7.36. The Kier molecular flexibility index (Phi) is 11.5. The molecule has 0 fully saturated rings. The number of aromatic nitrogens is 1. The summed E-state index contributed by atoms with van der Waals surface area (Å²) in [5.41, 5.74) is 8.82. The molecule has 1 aromatic heterocycles. The highest BCUT2D eigenvalue weighted by Crippen LogP contribution is 2.41. The van der Waals surface area contributed by atoms with Crippen LogP contribution in [0.4, 0.5) is 4.39 Å². The van der Waals surface area contributed by atoms with Gasteiger partial charge in [-0.15, -0.1) is 6.58 Å². The van der Waals surface area contributed by atoms with Crippen molar-refractivity contribution >= 4 is 11.6 Å². The highest BCUT2D eigenvalue weighted by molar-refractivity contribution is 5.87. The molecular formula is C33H44FNO. The van der Waals surface area contributed by atoms with Gasteiger partial charge in [-0.05, 0) is 97.8 Å². The highest BCUT2D eigenvalue weighted by Gasteiger charge is 2.25. The molecule has 1 N–H and O–H groups in total. The fourth-order valence-corrected chi connectivity index (χ4v) is 4.73. The molecule has 0 unspecified atom stereocenters. The van der Waals surface area contributed by atoms with Crippen LogP contribution in [-0.2, 0) is 6.42 Å². The van der Waals surface area contributed by atoms with Crippen LogP contribution in [0.3, 0.4) is 0 Å². The van der Waals surface area contributed by atoms with E-state index in [0.717, 1.165) is 71.3 Å². The smallest absolute Gasteiger partial charge is 0.123 e. The van der Waals surface area contributed by atoms with Gasteiger partial charge in [-0.1, -0.05) is 70.7 Å². The zero-order valence-electron chi connectivity index (χ0n) is 23.1. The Morgan fingerprint density at radius 1 is 1.11 bits per heavy atom. The minimum absolute atomic E-state index is 0.223. The third-order valence-corrected chi connectivity index (χ3v) is 6.58. The van der Waals surface area contributed by atoms with E-state index in [1.807, 2.05) is 26.0 Å². The lowest BCUT2D eigenvalue weighted by Crippen LogP contribution is -2.10. The largest absolute Gasteiger partial charge is 0.393 e. The number of halogens is 1. The first kappa shape index (κ1) is 29.5. The third-order valence-electron chi connectivity index (χ3n) is 6.58. The number of aliphatic hydroxyl groups is 1. The summed E-state index contributed by atoms with van der Waals surface area (Å²) in [6, 6.07) is 6.84. The molecule has 0 radical (unpaired) electrons. The van der Waals surface area contributed by atoms with Gasteiger partial charge in [0.25, 0.3) is 0 Å². The quantitative estimate of drug-likeness (QED) is 0.310. The molecule has 3 heteroatoms. The first-order valence-electron chi connectivity index (χ1n) is 13.3. The van der Waals surface area contributed by atoms with E-state index in [0.29, 0.717) is 0 Å². The molecule has 1 aliphatic rings. The van der Waals surface area contributed by atoms with E-state index >= 15 is 0 Å². The molecule has 2 aromatic rings. The summed E-state index contributed by atoms with van der Waals surface area (Å²) >= 11 is 0. The number of hydrogen-bond acceptors (Lipinski definition) is 2. The van der Waals surface area contributed by atoms with Gasteiger partial charge >= 0.3 is 0 Å². The van der Waals surface area contributed by atoms with E-state index in [2.05, 4.69) is 59.1 Å². The normalized spacial score (nSPS) is 16.4. The summed E-state index contributed by atoms with van der Waals surface area (Å²) in [5, 5.41) is 10.1. The fraction of sp³-hybridized carbons (Fsp3) is 0.424. The van der Waals surface area contributed by atoms with Crippen LogP contribution in [-0.4, -0.2) is 16.2 Å². The summed E-state index contributed by atoms with van der Waals surface area (Å²) < 4.78 is 13.8. The molecule has 0 saturated carbocycles. The number of benzene rings is 1. The summed E-state index contributed by atoms with van der Waals surface area (Å²) in [6.07, 6.45) is 12.3. The minimum atomic E-state index is -0.292. The molecule has 0 spiro atoms. The van der Waals surface area contributed by atoms with Gasteiger partial charge in [0, 0.05) is 5.56 Å². The molecule has 0 aliphatic heterocycles. The van der Waals surface area contributed by atoms with Crippen LogP contribution >= 0.6 is 0 Å². The van der Waals surface area contributed by atoms with Crippen LogP contribution in [0.25, 0.3) is 22.8 Å². The standard InChI is InChI=1S/C30H38FNO.C3H6/c1-7-24(33)18-20(5)12-17-27-28(22-13-15-23(31)16-14-22)26-11-9-10-21(6)25(8-2)30(26)32-29(27)19(3)4;1-3-2/h8,12-17,19-20,24,33H,6-7,9-11,18H2,1-5H3;3H,1H2,2H3/b17-12+,25-8+;/t20-,24+;/m1./s1. The Hall–Kier alpha value is -2.78. The lowest BCUT2D eigenvalue weighted by atomic mass is 9.86. The maximum atomic E-state index is 13.8. The van der Waals surface area contributed by atoms with Crippen molar-refractivity contribution in [3.05, 3.63) is 89.6 Å². The van der Waals surface area contributed by atoms with Crippen molar-refractivity contribution in [1.82, 2.24) is 4.98 Å². The van der Waals surface area contributed by atoms with Crippen LogP contribution in [0.15, 0.2) is 61.2 Å². The summed E-state index contributed by atoms with van der Waals surface area (Å²) in [4.78, 5) is 5.23. The summed E-state index contributed by atoms with van der Waals surface area (Å²) in [7, 11) is 0.